The Morgan fingerprint density at radius 2 is 1.67 bits per heavy atom. The van der Waals surface area contributed by atoms with E-state index in [2.05, 4.69) is 0 Å². The second-order valence-corrected chi connectivity index (χ2v) is 4.42. The van der Waals surface area contributed by atoms with Crippen molar-refractivity contribution in [1.29, 1.82) is 0 Å². The molecule has 0 radical (unpaired) electrons. The summed E-state index contributed by atoms with van der Waals surface area (Å²) in [6, 6.07) is 3.37. The molecule has 1 aromatic carbocycles. The number of rotatable bonds is 3. The fourth-order valence-corrected chi connectivity index (χ4v) is 1.67. The Balaban J connectivity index is 3.08. The van der Waals surface area contributed by atoms with E-state index < -0.39 is 17.0 Å². The lowest BCUT2D eigenvalue weighted by Gasteiger charge is -2.23. The summed E-state index contributed by atoms with van der Waals surface area (Å²) in [6.45, 7) is 5.06. The smallest absolute Gasteiger partial charge is 0.130 e. The van der Waals surface area contributed by atoms with Crippen molar-refractivity contribution >= 4 is 5.78 Å². The van der Waals surface area contributed by atoms with Gasteiger partial charge in [0.25, 0.3) is 0 Å². The zero-order valence-electron chi connectivity index (χ0n) is 9.10. The molecule has 0 saturated carbocycles. The first-order valence-corrected chi connectivity index (χ1v) is 4.77. The lowest BCUT2D eigenvalue weighted by Crippen LogP contribution is -2.21. The monoisotopic (exact) mass is 212 g/mol. The maximum atomic E-state index is 13.0. The summed E-state index contributed by atoms with van der Waals surface area (Å²) in [4.78, 5) is 11.0. The van der Waals surface area contributed by atoms with E-state index in [0.717, 1.165) is 6.07 Å². The molecule has 3 heteroatoms. The zero-order valence-corrected chi connectivity index (χ0v) is 9.10. The van der Waals surface area contributed by atoms with Crippen LogP contribution in [0.15, 0.2) is 18.2 Å². The minimum Gasteiger partial charge on any atom is -0.300 e. The largest absolute Gasteiger partial charge is 0.300 e. The van der Waals surface area contributed by atoms with Crippen LogP contribution < -0.4 is 0 Å². The Labute approximate surface area is 88.1 Å². The van der Waals surface area contributed by atoms with Crippen molar-refractivity contribution in [3.8, 4) is 0 Å². The van der Waals surface area contributed by atoms with Gasteiger partial charge in [0.15, 0.2) is 0 Å². The molecule has 0 aliphatic rings. The molecule has 0 fully saturated rings. The third-order valence-electron chi connectivity index (χ3n) is 2.33. The Bertz CT molecular complexity index is 363. The van der Waals surface area contributed by atoms with Crippen molar-refractivity contribution in [2.24, 2.45) is 0 Å². The number of carbonyl (C=O) groups is 1. The van der Waals surface area contributed by atoms with Gasteiger partial charge in [0.05, 0.1) is 0 Å². The predicted molar refractivity (Wildman–Crippen MR) is 54.7 cm³/mol. The van der Waals surface area contributed by atoms with Crippen LogP contribution in [0.2, 0.25) is 0 Å². The van der Waals surface area contributed by atoms with Crippen molar-refractivity contribution in [3.05, 3.63) is 35.4 Å². The normalized spacial score (nSPS) is 11.5. The SMILES string of the molecule is CC(=O)CC(C)(C)c1cc(F)cc(F)c1. The van der Waals surface area contributed by atoms with Gasteiger partial charge in [-0.25, -0.2) is 8.78 Å². The van der Waals surface area contributed by atoms with E-state index in [1.54, 1.807) is 13.8 Å². The minimum absolute atomic E-state index is 0.00432. The third-order valence-corrected chi connectivity index (χ3v) is 2.33. The lowest BCUT2D eigenvalue weighted by molar-refractivity contribution is -0.118. The fraction of sp³-hybridized carbons (Fsp3) is 0.417. The summed E-state index contributed by atoms with van der Waals surface area (Å²) in [5.41, 5.74) is -0.0235. The second-order valence-electron chi connectivity index (χ2n) is 4.42. The summed E-state index contributed by atoms with van der Waals surface area (Å²) < 4.78 is 25.9. The van der Waals surface area contributed by atoms with E-state index in [1.165, 1.54) is 19.1 Å². The van der Waals surface area contributed by atoms with Gasteiger partial charge in [0, 0.05) is 12.5 Å². The van der Waals surface area contributed by atoms with Crippen LogP contribution in [0, 0.1) is 11.6 Å². The van der Waals surface area contributed by atoms with Crippen LogP contribution in [0.5, 0.6) is 0 Å². The first-order valence-electron chi connectivity index (χ1n) is 4.77. The van der Waals surface area contributed by atoms with E-state index >= 15 is 0 Å². The van der Waals surface area contributed by atoms with Gasteiger partial charge in [-0.15, -0.1) is 0 Å². The highest BCUT2D eigenvalue weighted by molar-refractivity contribution is 5.77. The maximum absolute atomic E-state index is 13.0. The maximum Gasteiger partial charge on any atom is 0.130 e. The van der Waals surface area contributed by atoms with Crippen molar-refractivity contribution in [3.63, 3.8) is 0 Å². The number of halogens is 2. The lowest BCUT2D eigenvalue weighted by atomic mass is 9.80. The van der Waals surface area contributed by atoms with Crippen LogP contribution >= 0.6 is 0 Å². The number of hydrogen-bond acceptors (Lipinski definition) is 1. The Hall–Kier alpha value is -1.25. The first-order chi connectivity index (χ1) is 6.81. The van der Waals surface area contributed by atoms with Gasteiger partial charge in [-0.05, 0) is 30.0 Å². The van der Waals surface area contributed by atoms with Gasteiger partial charge in [-0.3, -0.25) is 4.79 Å². The highest BCUT2D eigenvalue weighted by atomic mass is 19.1. The molecule has 1 rings (SSSR count). The molecule has 0 aliphatic carbocycles. The van der Waals surface area contributed by atoms with Crippen LogP contribution in [0.1, 0.15) is 32.8 Å². The molecule has 0 aliphatic heterocycles. The molecule has 0 heterocycles. The third kappa shape index (κ3) is 3.11. The van der Waals surface area contributed by atoms with Crippen LogP contribution in [0.25, 0.3) is 0 Å². The minimum atomic E-state index is -0.610. The molecule has 0 atom stereocenters. The predicted octanol–water partition coefficient (Wildman–Crippen LogP) is 3.22. The summed E-state index contributed by atoms with van der Waals surface area (Å²) in [5, 5.41) is 0. The molecular weight excluding hydrogens is 198 g/mol. The van der Waals surface area contributed by atoms with E-state index in [1.807, 2.05) is 0 Å². The van der Waals surface area contributed by atoms with E-state index in [9.17, 15) is 13.6 Å². The van der Waals surface area contributed by atoms with E-state index in [0.29, 0.717) is 5.56 Å². The molecule has 0 N–H and O–H groups in total. The highest BCUT2D eigenvalue weighted by Gasteiger charge is 2.23. The number of ketones is 1. The van der Waals surface area contributed by atoms with Gasteiger partial charge in [-0.1, -0.05) is 13.8 Å². The molecule has 1 nitrogen and oxygen atoms in total. The topological polar surface area (TPSA) is 17.1 Å². The van der Waals surface area contributed by atoms with Gasteiger partial charge in [0.1, 0.15) is 17.4 Å². The van der Waals surface area contributed by atoms with Gasteiger partial charge in [-0.2, -0.15) is 0 Å². The van der Waals surface area contributed by atoms with Crippen LogP contribution in [0.3, 0.4) is 0 Å². The molecular formula is C12H14F2O. The van der Waals surface area contributed by atoms with Gasteiger partial charge in [0.2, 0.25) is 0 Å². The first kappa shape index (κ1) is 11.8. The average molecular weight is 212 g/mol. The number of Topliss-reactive ketones (excluding diaryl/α,β-unsaturated/α-hetero) is 1. The molecule has 0 bridgehead atoms. The standard InChI is InChI=1S/C12H14F2O/c1-8(15)7-12(2,3)9-4-10(13)6-11(14)5-9/h4-6H,7H2,1-3H3. The summed E-state index contributed by atoms with van der Waals surface area (Å²) in [5.74, 6) is -1.21. The zero-order chi connectivity index (χ0) is 11.6. The van der Waals surface area contributed by atoms with Gasteiger partial charge < -0.3 is 0 Å². The Morgan fingerprint density at radius 1 is 1.20 bits per heavy atom. The van der Waals surface area contributed by atoms with Crippen molar-refractivity contribution < 1.29 is 13.6 Å². The average Bonchev–Trinajstić information content (AvgIpc) is 1.99. The molecule has 0 unspecified atom stereocenters. The fourth-order valence-electron chi connectivity index (χ4n) is 1.67. The van der Waals surface area contributed by atoms with Crippen LogP contribution in [-0.4, -0.2) is 5.78 Å². The molecule has 15 heavy (non-hydrogen) atoms. The van der Waals surface area contributed by atoms with Crippen LogP contribution in [-0.2, 0) is 10.2 Å². The quantitative estimate of drug-likeness (QED) is 0.751. The Kier molecular flexibility index (Phi) is 3.22. The van der Waals surface area contributed by atoms with E-state index in [4.69, 9.17) is 0 Å². The molecule has 0 aromatic heterocycles. The Morgan fingerprint density at radius 3 is 2.07 bits per heavy atom. The summed E-state index contributed by atoms with van der Waals surface area (Å²) in [6.07, 6.45) is 0.274. The van der Waals surface area contributed by atoms with Gasteiger partial charge >= 0.3 is 0 Å². The molecule has 0 saturated heterocycles. The van der Waals surface area contributed by atoms with Crippen molar-refractivity contribution in [2.75, 3.05) is 0 Å². The summed E-state index contributed by atoms with van der Waals surface area (Å²) >= 11 is 0. The second kappa shape index (κ2) is 4.09. The molecule has 0 spiro atoms. The summed E-state index contributed by atoms with van der Waals surface area (Å²) in [7, 11) is 0. The van der Waals surface area contributed by atoms with Crippen LogP contribution in [0.4, 0.5) is 8.78 Å². The highest BCUT2D eigenvalue weighted by Crippen LogP contribution is 2.28. The molecule has 1 aromatic rings. The number of benzene rings is 1. The van der Waals surface area contributed by atoms with Crippen molar-refractivity contribution in [2.45, 2.75) is 32.6 Å². The van der Waals surface area contributed by atoms with Crippen molar-refractivity contribution in [1.82, 2.24) is 0 Å². The van der Waals surface area contributed by atoms with E-state index in [-0.39, 0.29) is 12.2 Å². The number of hydrogen-bond donors (Lipinski definition) is 0. The molecule has 82 valence electrons. The number of carbonyl (C=O) groups excluding carboxylic acids is 1. The molecule has 0 amide bonds.